The first-order valence-electron chi connectivity index (χ1n) is 9.03. The first kappa shape index (κ1) is 16.3. The minimum atomic E-state index is -0.0925. The van der Waals surface area contributed by atoms with E-state index in [1.54, 1.807) is 0 Å². The first-order chi connectivity index (χ1) is 13.3. The highest BCUT2D eigenvalue weighted by Crippen LogP contribution is 2.31. The summed E-state index contributed by atoms with van der Waals surface area (Å²) in [6, 6.07) is 15.6. The summed E-state index contributed by atoms with van der Waals surface area (Å²) in [5.74, 6) is 1.03. The van der Waals surface area contributed by atoms with Crippen molar-refractivity contribution in [3.63, 3.8) is 0 Å². The lowest BCUT2D eigenvalue weighted by Crippen LogP contribution is -2.40. The number of amides is 2. The molecule has 1 aliphatic rings. The molecule has 136 valence electrons. The maximum Gasteiger partial charge on any atom is 0.323 e. The lowest BCUT2D eigenvalue weighted by molar-refractivity contribution is 0.190. The van der Waals surface area contributed by atoms with Crippen LogP contribution in [0.15, 0.2) is 52.9 Å². The molecule has 0 spiro atoms. The number of urea groups is 1. The van der Waals surface area contributed by atoms with Crippen molar-refractivity contribution >= 4 is 43.8 Å². The number of fused-ring (bicyclic) bond motifs is 2. The Labute approximate surface area is 159 Å². The van der Waals surface area contributed by atoms with Gasteiger partial charge in [0.05, 0.1) is 10.2 Å². The SMILES string of the molecule is O=C(Nc1nc2ccccc2s1)N1CCC(c2nc3ccccc3o2)CC1. The fourth-order valence-electron chi connectivity index (χ4n) is 3.49. The number of hydrogen-bond donors (Lipinski definition) is 1. The van der Waals surface area contributed by atoms with Crippen LogP contribution in [0.25, 0.3) is 21.3 Å². The second-order valence-corrected chi connectivity index (χ2v) is 7.73. The van der Waals surface area contributed by atoms with Crippen LogP contribution in [-0.2, 0) is 0 Å². The Kier molecular flexibility index (Phi) is 4.01. The van der Waals surface area contributed by atoms with E-state index in [4.69, 9.17) is 4.42 Å². The van der Waals surface area contributed by atoms with Crippen molar-refractivity contribution in [3.8, 4) is 0 Å². The molecule has 0 bridgehead atoms. The van der Waals surface area contributed by atoms with Gasteiger partial charge in [0, 0.05) is 19.0 Å². The van der Waals surface area contributed by atoms with Gasteiger partial charge in [-0.15, -0.1) is 0 Å². The quantitative estimate of drug-likeness (QED) is 0.541. The van der Waals surface area contributed by atoms with Crippen LogP contribution in [0.3, 0.4) is 0 Å². The molecular weight excluding hydrogens is 360 g/mol. The Morgan fingerprint density at radius 3 is 2.56 bits per heavy atom. The lowest BCUT2D eigenvalue weighted by atomic mass is 9.97. The fraction of sp³-hybridized carbons (Fsp3) is 0.250. The Hall–Kier alpha value is -2.93. The van der Waals surface area contributed by atoms with E-state index in [0.717, 1.165) is 40.0 Å². The summed E-state index contributed by atoms with van der Waals surface area (Å²) >= 11 is 1.49. The number of thiazole rings is 1. The van der Waals surface area contributed by atoms with Crippen molar-refractivity contribution in [1.29, 1.82) is 0 Å². The number of piperidine rings is 1. The van der Waals surface area contributed by atoms with Crippen LogP contribution in [0.1, 0.15) is 24.7 Å². The molecule has 0 atom stereocenters. The van der Waals surface area contributed by atoms with Crippen LogP contribution >= 0.6 is 11.3 Å². The predicted octanol–water partition coefficient (Wildman–Crippen LogP) is 4.85. The average molecular weight is 378 g/mol. The molecule has 0 radical (unpaired) electrons. The summed E-state index contributed by atoms with van der Waals surface area (Å²) in [5, 5.41) is 3.57. The number of nitrogens with zero attached hydrogens (tertiary/aromatic N) is 3. The number of carbonyl (C=O) groups is 1. The number of rotatable bonds is 2. The number of likely N-dealkylation sites (tertiary alicyclic amines) is 1. The summed E-state index contributed by atoms with van der Waals surface area (Å²) in [5.41, 5.74) is 2.62. The Bertz CT molecular complexity index is 1050. The molecule has 2 aromatic heterocycles. The standard InChI is InChI=1S/C20H18N4O2S/c25-20(23-19-22-15-6-2-4-8-17(15)27-19)24-11-9-13(10-12-24)18-21-14-5-1-3-7-16(14)26-18/h1-8,13H,9-12H2,(H,22,23,25). The van der Waals surface area contributed by atoms with Gasteiger partial charge in [-0.3, -0.25) is 5.32 Å². The van der Waals surface area contributed by atoms with Gasteiger partial charge in [0.1, 0.15) is 5.52 Å². The van der Waals surface area contributed by atoms with E-state index in [2.05, 4.69) is 15.3 Å². The molecule has 1 saturated heterocycles. The molecule has 0 unspecified atom stereocenters. The molecule has 0 aliphatic carbocycles. The van der Waals surface area contributed by atoms with Crippen LogP contribution in [0.5, 0.6) is 0 Å². The third kappa shape index (κ3) is 3.14. The number of para-hydroxylation sites is 3. The molecule has 27 heavy (non-hydrogen) atoms. The predicted molar refractivity (Wildman–Crippen MR) is 106 cm³/mol. The number of anilines is 1. The third-order valence-corrected chi connectivity index (χ3v) is 5.90. The molecule has 0 saturated carbocycles. The maximum atomic E-state index is 12.6. The molecule has 3 heterocycles. The van der Waals surface area contributed by atoms with Crippen LogP contribution in [0.2, 0.25) is 0 Å². The molecule has 2 amide bonds. The van der Waals surface area contributed by atoms with Gasteiger partial charge in [0.15, 0.2) is 16.6 Å². The minimum absolute atomic E-state index is 0.0925. The van der Waals surface area contributed by atoms with E-state index >= 15 is 0 Å². The topological polar surface area (TPSA) is 71.3 Å². The van der Waals surface area contributed by atoms with E-state index in [0.29, 0.717) is 18.2 Å². The van der Waals surface area contributed by atoms with E-state index in [1.165, 1.54) is 11.3 Å². The Morgan fingerprint density at radius 1 is 1.04 bits per heavy atom. The smallest absolute Gasteiger partial charge is 0.323 e. The van der Waals surface area contributed by atoms with Crippen molar-refractivity contribution in [2.24, 2.45) is 0 Å². The molecule has 6 nitrogen and oxygen atoms in total. The summed E-state index contributed by atoms with van der Waals surface area (Å²) in [6.07, 6.45) is 1.69. The summed E-state index contributed by atoms with van der Waals surface area (Å²) in [7, 11) is 0. The van der Waals surface area contributed by atoms with E-state index < -0.39 is 0 Å². The minimum Gasteiger partial charge on any atom is -0.440 e. The highest BCUT2D eigenvalue weighted by molar-refractivity contribution is 7.22. The number of benzene rings is 2. The second-order valence-electron chi connectivity index (χ2n) is 6.70. The van der Waals surface area contributed by atoms with Gasteiger partial charge in [-0.2, -0.15) is 0 Å². The van der Waals surface area contributed by atoms with Crippen LogP contribution in [0.4, 0.5) is 9.93 Å². The normalized spacial score (nSPS) is 15.5. The van der Waals surface area contributed by atoms with Crippen molar-refractivity contribution in [2.75, 3.05) is 18.4 Å². The van der Waals surface area contributed by atoms with Crippen LogP contribution < -0.4 is 5.32 Å². The molecule has 7 heteroatoms. The van der Waals surface area contributed by atoms with Gasteiger partial charge >= 0.3 is 6.03 Å². The lowest BCUT2D eigenvalue weighted by Gasteiger charge is -2.30. The van der Waals surface area contributed by atoms with Crippen molar-refractivity contribution in [1.82, 2.24) is 14.9 Å². The van der Waals surface area contributed by atoms with Crippen molar-refractivity contribution in [2.45, 2.75) is 18.8 Å². The highest BCUT2D eigenvalue weighted by Gasteiger charge is 2.27. The third-order valence-electron chi connectivity index (χ3n) is 4.95. The molecular formula is C20H18N4O2S. The van der Waals surface area contributed by atoms with Crippen molar-refractivity contribution in [3.05, 3.63) is 54.4 Å². The summed E-state index contributed by atoms with van der Waals surface area (Å²) in [4.78, 5) is 23.5. The summed E-state index contributed by atoms with van der Waals surface area (Å²) < 4.78 is 6.97. The average Bonchev–Trinajstić information content (AvgIpc) is 3.31. The number of carbonyl (C=O) groups excluding carboxylic acids is 1. The zero-order valence-corrected chi connectivity index (χ0v) is 15.4. The largest absolute Gasteiger partial charge is 0.440 e. The highest BCUT2D eigenvalue weighted by atomic mass is 32.1. The Balaban J connectivity index is 1.23. The number of aromatic nitrogens is 2. The fourth-order valence-corrected chi connectivity index (χ4v) is 4.35. The van der Waals surface area contributed by atoms with Gasteiger partial charge in [0.2, 0.25) is 0 Å². The van der Waals surface area contributed by atoms with E-state index in [-0.39, 0.29) is 11.9 Å². The van der Waals surface area contributed by atoms with Crippen LogP contribution in [-0.4, -0.2) is 34.0 Å². The number of nitrogens with one attached hydrogen (secondary N) is 1. The van der Waals surface area contributed by atoms with Gasteiger partial charge in [0.25, 0.3) is 0 Å². The monoisotopic (exact) mass is 378 g/mol. The number of hydrogen-bond acceptors (Lipinski definition) is 5. The number of oxazole rings is 1. The van der Waals surface area contributed by atoms with Crippen molar-refractivity contribution < 1.29 is 9.21 Å². The Morgan fingerprint density at radius 2 is 1.78 bits per heavy atom. The van der Waals surface area contributed by atoms with E-state index in [9.17, 15) is 4.79 Å². The molecule has 1 fully saturated rings. The maximum absolute atomic E-state index is 12.6. The van der Waals surface area contributed by atoms with Gasteiger partial charge in [-0.05, 0) is 37.1 Å². The van der Waals surface area contributed by atoms with Crippen LogP contribution in [0, 0.1) is 0 Å². The molecule has 1 aliphatic heterocycles. The van der Waals surface area contributed by atoms with Gasteiger partial charge in [-0.1, -0.05) is 35.6 Å². The second kappa shape index (κ2) is 6.66. The van der Waals surface area contributed by atoms with E-state index in [1.807, 2.05) is 53.4 Å². The van der Waals surface area contributed by atoms with Gasteiger partial charge in [-0.25, -0.2) is 14.8 Å². The molecule has 1 N–H and O–H groups in total. The molecule has 5 rings (SSSR count). The summed E-state index contributed by atoms with van der Waals surface area (Å²) in [6.45, 7) is 1.36. The zero-order chi connectivity index (χ0) is 18.2. The zero-order valence-electron chi connectivity index (χ0n) is 14.6. The molecule has 4 aromatic rings. The molecule has 2 aromatic carbocycles. The van der Waals surface area contributed by atoms with Gasteiger partial charge < -0.3 is 9.32 Å². The first-order valence-corrected chi connectivity index (χ1v) is 9.85.